The number of rotatable bonds is 3. The van der Waals surface area contributed by atoms with Crippen LogP contribution in [0.5, 0.6) is 0 Å². The van der Waals surface area contributed by atoms with E-state index >= 15 is 0 Å². The van der Waals surface area contributed by atoms with Crippen molar-refractivity contribution in [2.24, 2.45) is 0 Å². The van der Waals surface area contributed by atoms with Gasteiger partial charge in [-0.2, -0.15) is 0 Å². The van der Waals surface area contributed by atoms with E-state index in [0.717, 1.165) is 26.1 Å². The predicted molar refractivity (Wildman–Crippen MR) is 55.1 cm³/mol. The van der Waals surface area contributed by atoms with Gasteiger partial charge in [0.05, 0.1) is 6.04 Å². The molecule has 80 valence electrons. The van der Waals surface area contributed by atoms with Crippen molar-refractivity contribution in [1.29, 1.82) is 0 Å². The number of hydrogen-bond acceptors (Lipinski definition) is 3. The van der Waals surface area contributed by atoms with E-state index in [4.69, 9.17) is 0 Å². The van der Waals surface area contributed by atoms with E-state index in [0.29, 0.717) is 6.04 Å². The fraction of sp³-hybridized carbons (Fsp3) is 0.900. The second-order valence-corrected chi connectivity index (χ2v) is 4.18. The van der Waals surface area contributed by atoms with Gasteiger partial charge in [-0.1, -0.05) is 6.92 Å². The summed E-state index contributed by atoms with van der Waals surface area (Å²) < 4.78 is 0. The number of carbonyl (C=O) groups excluding carboxylic acids is 1. The third-order valence-electron chi connectivity index (χ3n) is 3.21. The Balaban J connectivity index is 1.78. The summed E-state index contributed by atoms with van der Waals surface area (Å²) in [4.78, 5) is 13.7. The molecule has 0 saturated carbocycles. The zero-order valence-electron chi connectivity index (χ0n) is 8.75. The molecule has 0 bridgehead atoms. The van der Waals surface area contributed by atoms with Gasteiger partial charge in [0.2, 0.25) is 5.91 Å². The molecular formula is C10H19N3O. The average molecular weight is 197 g/mol. The van der Waals surface area contributed by atoms with Crippen LogP contribution in [0, 0.1) is 0 Å². The summed E-state index contributed by atoms with van der Waals surface area (Å²) >= 11 is 0. The lowest BCUT2D eigenvalue weighted by molar-refractivity contribution is -0.121. The van der Waals surface area contributed by atoms with Gasteiger partial charge in [0.1, 0.15) is 0 Å². The Hall–Kier alpha value is -0.610. The van der Waals surface area contributed by atoms with E-state index in [1.54, 1.807) is 0 Å². The molecule has 2 saturated heterocycles. The molecule has 2 aliphatic rings. The van der Waals surface area contributed by atoms with E-state index in [1.807, 2.05) is 0 Å². The first kappa shape index (κ1) is 9.93. The SMILES string of the molecule is CCN1CCC(NC2CCNC2=O)C1. The Kier molecular flexibility index (Phi) is 3.03. The molecule has 0 aromatic carbocycles. The van der Waals surface area contributed by atoms with Crippen LogP contribution in [0.2, 0.25) is 0 Å². The molecule has 2 rings (SSSR count). The molecule has 0 aliphatic carbocycles. The summed E-state index contributed by atoms with van der Waals surface area (Å²) in [6, 6.07) is 0.584. The van der Waals surface area contributed by atoms with Gasteiger partial charge in [-0.15, -0.1) is 0 Å². The number of likely N-dealkylation sites (N-methyl/N-ethyl adjacent to an activating group) is 1. The summed E-state index contributed by atoms with van der Waals surface area (Å²) in [5.74, 6) is 0.181. The summed E-state index contributed by atoms with van der Waals surface area (Å²) in [7, 11) is 0. The van der Waals surface area contributed by atoms with Crippen molar-refractivity contribution in [1.82, 2.24) is 15.5 Å². The highest BCUT2D eigenvalue weighted by Crippen LogP contribution is 2.11. The van der Waals surface area contributed by atoms with Crippen molar-refractivity contribution in [2.75, 3.05) is 26.2 Å². The lowest BCUT2D eigenvalue weighted by atomic mass is 10.2. The van der Waals surface area contributed by atoms with Crippen molar-refractivity contribution >= 4 is 5.91 Å². The first-order valence-corrected chi connectivity index (χ1v) is 5.55. The molecule has 0 aromatic heterocycles. The Bertz CT molecular complexity index is 219. The molecule has 2 aliphatic heterocycles. The number of hydrogen-bond donors (Lipinski definition) is 2. The molecule has 4 heteroatoms. The zero-order chi connectivity index (χ0) is 9.97. The molecule has 0 spiro atoms. The third-order valence-corrected chi connectivity index (χ3v) is 3.21. The van der Waals surface area contributed by atoms with Gasteiger partial charge in [0, 0.05) is 19.1 Å². The smallest absolute Gasteiger partial charge is 0.237 e. The minimum atomic E-state index is 0.0665. The topological polar surface area (TPSA) is 44.4 Å². The van der Waals surface area contributed by atoms with Crippen LogP contribution in [-0.2, 0) is 4.79 Å². The van der Waals surface area contributed by atoms with E-state index in [9.17, 15) is 4.79 Å². The van der Waals surface area contributed by atoms with Gasteiger partial charge in [0.15, 0.2) is 0 Å². The zero-order valence-corrected chi connectivity index (χ0v) is 8.75. The molecule has 4 nitrogen and oxygen atoms in total. The second-order valence-electron chi connectivity index (χ2n) is 4.18. The Morgan fingerprint density at radius 1 is 1.57 bits per heavy atom. The number of nitrogens with one attached hydrogen (secondary N) is 2. The van der Waals surface area contributed by atoms with E-state index in [-0.39, 0.29) is 11.9 Å². The van der Waals surface area contributed by atoms with Gasteiger partial charge in [-0.3, -0.25) is 4.79 Å². The molecule has 2 unspecified atom stereocenters. The largest absolute Gasteiger partial charge is 0.355 e. The second kappa shape index (κ2) is 4.28. The highest BCUT2D eigenvalue weighted by atomic mass is 16.2. The number of likely N-dealkylation sites (tertiary alicyclic amines) is 1. The van der Waals surface area contributed by atoms with Crippen molar-refractivity contribution in [3.05, 3.63) is 0 Å². The quantitative estimate of drug-likeness (QED) is 0.644. The third kappa shape index (κ3) is 2.07. The fourth-order valence-electron chi connectivity index (χ4n) is 2.29. The van der Waals surface area contributed by atoms with Gasteiger partial charge >= 0.3 is 0 Å². The average Bonchev–Trinajstić information content (AvgIpc) is 2.77. The molecule has 1 amide bonds. The van der Waals surface area contributed by atoms with Crippen molar-refractivity contribution < 1.29 is 4.79 Å². The number of amides is 1. The predicted octanol–water partition coefficient (Wildman–Crippen LogP) is -0.441. The Morgan fingerprint density at radius 3 is 3.00 bits per heavy atom. The maximum Gasteiger partial charge on any atom is 0.237 e. The maximum atomic E-state index is 11.3. The molecule has 14 heavy (non-hydrogen) atoms. The maximum absolute atomic E-state index is 11.3. The standard InChI is InChI=1S/C10H19N3O/c1-2-13-6-4-8(7-13)12-9-3-5-11-10(9)14/h8-9,12H,2-7H2,1H3,(H,11,14). The van der Waals surface area contributed by atoms with E-state index in [1.165, 1.54) is 13.0 Å². The highest BCUT2D eigenvalue weighted by Gasteiger charge is 2.29. The molecule has 0 aromatic rings. The lowest BCUT2D eigenvalue weighted by Crippen LogP contribution is -2.43. The Morgan fingerprint density at radius 2 is 2.43 bits per heavy atom. The van der Waals surface area contributed by atoms with Crippen LogP contribution in [0.4, 0.5) is 0 Å². The van der Waals surface area contributed by atoms with E-state index in [2.05, 4.69) is 22.5 Å². The summed E-state index contributed by atoms with van der Waals surface area (Å²) in [6.07, 6.45) is 2.12. The minimum absolute atomic E-state index is 0.0665. The first-order valence-electron chi connectivity index (χ1n) is 5.55. The van der Waals surface area contributed by atoms with Gasteiger partial charge in [0.25, 0.3) is 0 Å². The van der Waals surface area contributed by atoms with Crippen molar-refractivity contribution in [3.63, 3.8) is 0 Å². The lowest BCUT2D eigenvalue weighted by Gasteiger charge is -2.17. The van der Waals surface area contributed by atoms with Gasteiger partial charge in [-0.05, 0) is 25.9 Å². The normalized spacial score (nSPS) is 33.6. The fourth-order valence-corrected chi connectivity index (χ4v) is 2.29. The van der Waals surface area contributed by atoms with Crippen LogP contribution in [-0.4, -0.2) is 49.1 Å². The van der Waals surface area contributed by atoms with Crippen LogP contribution in [0.25, 0.3) is 0 Å². The van der Waals surface area contributed by atoms with Crippen LogP contribution in [0.3, 0.4) is 0 Å². The molecule has 2 N–H and O–H groups in total. The van der Waals surface area contributed by atoms with Crippen molar-refractivity contribution in [3.8, 4) is 0 Å². The first-order chi connectivity index (χ1) is 6.79. The van der Waals surface area contributed by atoms with Crippen LogP contribution in [0.15, 0.2) is 0 Å². The summed E-state index contributed by atoms with van der Waals surface area (Å²) in [5, 5.41) is 6.29. The van der Waals surface area contributed by atoms with Crippen LogP contribution in [0.1, 0.15) is 19.8 Å². The monoisotopic (exact) mass is 197 g/mol. The van der Waals surface area contributed by atoms with Crippen LogP contribution >= 0.6 is 0 Å². The van der Waals surface area contributed by atoms with Gasteiger partial charge < -0.3 is 15.5 Å². The molecule has 2 atom stereocenters. The molecule has 0 radical (unpaired) electrons. The highest BCUT2D eigenvalue weighted by molar-refractivity contribution is 5.83. The minimum Gasteiger partial charge on any atom is -0.355 e. The van der Waals surface area contributed by atoms with E-state index < -0.39 is 0 Å². The number of nitrogens with zero attached hydrogens (tertiary/aromatic N) is 1. The molecule has 2 heterocycles. The van der Waals surface area contributed by atoms with Gasteiger partial charge in [-0.25, -0.2) is 0 Å². The summed E-state index contributed by atoms with van der Waals surface area (Å²) in [6.45, 7) is 6.41. The van der Waals surface area contributed by atoms with Crippen LogP contribution < -0.4 is 10.6 Å². The summed E-state index contributed by atoms with van der Waals surface area (Å²) in [5.41, 5.74) is 0. The molecular weight excluding hydrogens is 178 g/mol. The Labute approximate surface area is 85.0 Å². The molecule has 2 fully saturated rings. The van der Waals surface area contributed by atoms with Crippen molar-refractivity contribution in [2.45, 2.75) is 31.8 Å². The number of carbonyl (C=O) groups is 1.